The molecule has 0 aliphatic heterocycles. The van der Waals surface area contributed by atoms with Crippen LogP contribution >= 0.6 is 34.5 Å². The first-order valence-electron chi connectivity index (χ1n) is 7.92. The van der Waals surface area contributed by atoms with Gasteiger partial charge in [-0.25, -0.2) is 4.99 Å². The van der Waals surface area contributed by atoms with Gasteiger partial charge in [0.25, 0.3) is 0 Å². The summed E-state index contributed by atoms with van der Waals surface area (Å²) in [6.45, 7) is 10.8. The van der Waals surface area contributed by atoms with Crippen molar-refractivity contribution in [3.8, 4) is 0 Å². The van der Waals surface area contributed by atoms with Crippen molar-refractivity contribution in [3.63, 3.8) is 0 Å². The molecule has 0 aliphatic rings. The topological polar surface area (TPSA) is 20.5 Å². The van der Waals surface area contributed by atoms with E-state index in [2.05, 4.69) is 35.6 Å². The van der Waals surface area contributed by atoms with Gasteiger partial charge in [-0.15, -0.1) is 11.3 Å². The summed E-state index contributed by atoms with van der Waals surface area (Å²) < 4.78 is 2.27. The molecule has 0 unspecified atom stereocenters. The lowest BCUT2D eigenvalue weighted by Crippen LogP contribution is -2.26. The van der Waals surface area contributed by atoms with E-state index in [-0.39, 0.29) is 0 Å². The molecule has 126 valence electrons. The number of benzene rings is 1. The highest BCUT2D eigenvalue weighted by molar-refractivity contribution is 7.07. The van der Waals surface area contributed by atoms with Gasteiger partial charge in [-0.3, -0.25) is 0 Å². The van der Waals surface area contributed by atoms with E-state index in [1.54, 1.807) is 23.5 Å². The quantitative estimate of drug-likeness (QED) is 0.660. The fourth-order valence-corrected chi connectivity index (χ4v) is 3.65. The highest BCUT2D eigenvalue weighted by Crippen LogP contribution is 2.26. The van der Waals surface area contributed by atoms with E-state index in [4.69, 9.17) is 28.2 Å². The molecule has 6 heteroatoms. The Labute approximate surface area is 152 Å². The Balaban J connectivity index is 2.17. The number of nitrogens with zero attached hydrogens (tertiary/aromatic N) is 3. The Morgan fingerprint density at radius 2 is 1.91 bits per heavy atom. The molecule has 0 aliphatic carbocycles. The Hall–Kier alpha value is -0.810. The van der Waals surface area contributed by atoms with E-state index in [9.17, 15) is 0 Å². The molecule has 0 fully saturated rings. The maximum atomic E-state index is 6.07. The van der Waals surface area contributed by atoms with Crippen molar-refractivity contribution < 1.29 is 0 Å². The average molecular weight is 372 g/mol. The van der Waals surface area contributed by atoms with Crippen molar-refractivity contribution >= 4 is 40.2 Å². The van der Waals surface area contributed by atoms with Crippen LogP contribution in [0.25, 0.3) is 0 Å². The molecule has 0 N–H and O–H groups in total. The first-order chi connectivity index (χ1) is 11.0. The monoisotopic (exact) mass is 371 g/mol. The standard InChI is InChI=1S/C17H23Cl2N3S/c1-4-21(5-2)9-6-10-22-13(3)12-23-17(22)20-14-7-8-15(18)16(19)11-14/h7-8,11-12H,4-6,9-10H2,1-3H3. The van der Waals surface area contributed by atoms with Gasteiger partial charge in [0.2, 0.25) is 0 Å². The van der Waals surface area contributed by atoms with Gasteiger partial charge < -0.3 is 9.47 Å². The molecule has 3 nitrogen and oxygen atoms in total. The molecule has 1 aromatic carbocycles. The van der Waals surface area contributed by atoms with Crippen LogP contribution in [-0.2, 0) is 6.54 Å². The highest BCUT2D eigenvalue weighted by Gasteiger charge is 2.04. The van der Waals surface area contributed by atoms with Gasteiger partial charge in [-0.05, 0) is 51.2 Å². The summed E-state index contributed by atoms with van der Waals surface area (Å²) in [5.74, 6) is 0. The average Bonchev–Trinajstić information content (AvgIpc) is 2.88. The van der Waals surface area contributed by atoms with Crippen LogP contribution in [0, 0.1) is 6.92 Å². The molecule has 0 bridgehead atoms. The summed E-state index contributed by atoms with van der Waals surface area (Å²) in [4.78, 5) is 8.17. The lowest BCUT2D eigenvalue weighted by molar-refractivity contribution is 0.292. The third-order valence-corrected chi connectivity index (χ3v) is 5.59. The normalized spacial score (nSPS) is 12.3. The van der Waals surface area contributed by atoms with E-state index in [0.29, 0.717) is 10.0 Å². The van der Waals surface area contributed by atoms with Crippen molar-refractivity contribution in [2.75, 3.05) is 19.6 Å². The predicted octanol–water partition coefficient (Wildman–Crippen LogP) is 5.13. The molecule has 0 radical (unpaired) electrons. The number of rotatable bonds is 7. The van der Waals surface area contributed by atoms with Crippen molar-refractivity contribution in [2.45, 2.75) is 33.7 Å². The molecule has 2 aromatic rings. The molecule has 1 aromatic heterocycles. The second-order valence-corrected chi connectivity index (χ2v) is 7.05. The molecular formula is C17H23Cl2N3S. The number of aryl methyl sites for hydroxylation is 1. The number of hydrogen-bond donors (Lipinski definition) is 0. The predicted molar refractivity (Wildman–Crippen MR) is 101 cm³/mol. The Morgan fingerprint density at radius 1 is 1.17 bits per heavy atom. The fourth-order valence-electron chi connectivity index (χ4n) is 2.43. The van der Waals surface area contributed by atoms with Gasteiger partial charge in [0.05, 0.1) is 15.7 Å². The SMILES string of the molecule is CCN(CC)CCCn1c(C)csc1=Nc1ccc(Cl)c(Cl)c1. The van der Waals surface area contributed by atoms with Crippen LogP contribution in [0.5, 0.6) is 0 Å². The molecule has 0 saturated heterocycles. The third-order valence-electron chi connectivity index (χ3n) is 3.87. The van der Waals surface area contributed by atoms with Crippen LogP contribution in [0.4, 0.5) is 5.69 Å². The number of halogens is 2. The van der Waals surface area contributed by atoms with Gasteiger partial charge >= 0.3 is 0 Å². The summed E-state index contributed by atoms with van der Waals surface area (Å²) >= 11 is 13.7. The molecule has 23 heavy (non-hydrogen) atoms. The fraction of sp³-hybridized carbons (Fsp3) is 0.471. The molecular weight excluding hydrogens is 349 g/mol. The van der Waals surface area contributed by atoms with Crippen LogP contribution in [0.3, 0.4) is 0 Å². The Bertz CT molecular complexity index is 702. The van der Waals surface area contributed by atoms with Crippen molar-refractivity contribution in [1.82, 2.24) is 9.47 Å². The zero-order valence-electron chi connectivity index (χ0n) is 13.9. The Morgan fingerprint density at radius 3 is 2.57 bits per heavy atom. The largest absolute Gasteiger partial charge is 0.321 e. The van der Waals surface area contributed by atoms with Crippen LogP contribution in [0.1, 0.15) is 26.0 Å². The minimum Gasteiger partial charge on any atom is -0.321 e. The third kappa shape index (κ3) is 5.08. The molecule has 1 heterocycles. The maximum Gasteiger partial charge on any atom is 0.190 e. The molecule has 2 rings (SSSR count). The molecule has 0 spiro atoms. The highest BCUT2D eigenvalue weighted by atomic mass is 35.5. The number of thiazole rings is 1. The van der Waals surface area contributed by atoms with Crippen LogP contribution in [0.2, 0.25) is 10.0 Å². The maximum absolute atomic E-state index is 6.07. The van der Waals surface area contributed by atoms with Crippen molar-refractivity contribution in [1.29, 1.82) is 0 Å². The summed E-state index contributed by atoms with van der Waals surface area (Å²) in [5.41, 5.74) is 2.08. The minimum atomic E-state index is 0.536. The minimum absolute atomic E-state index is 0.536. The zero-order chi connectivity index (χ0) is 16.8. The zero-order valence-corrected chi connectivity index (χ0v) is 16.2. The van der Waals surface area contributed by atoms with Gasteiger partial charge in [-0.1, -0.05) is 37.0 Å². The molecule has 0 amide bonds. The van der Waals surface area contributed by atoms with E-state index < -0.39 is 0 Å². The van der Waals surface area contributed by atoms with E-state index in [1.165, 1.54) is 5.69 Å². The van der Waals surface area contributed by atoms with Crippen molar-refractivity contribution in [3.05, 3.63) is 44.1 Å². The van der Waals surface area contributed by atoms with Crippen molar-refractivity contribution in [2.24, 2.45) is 4.99 Å². The van der Waals surface area contributed by atoms with E-state index in [1.807, 2.05) is 6.07 Å². The second kappa shape index (κ2) is 8.88. The molecule has 0 saturated carbocycles. The first-order valence-corrected chi connectivity index (χ1v) is 9.55. The van der Waals surface area contributed by atoms with E-state index >= 15 is 0 Å². The van der Waals surface area contributed by atoms with Gasteiger partial charge in [0, 0.05) is 17.6 Å². The number of aromatic nitrogens is 1. The summed E-state index contributed by atoms with van der Waals surface area (Å²) in [6.07, 6.45) is 1.12. The van der Waals surface area contributed by atoms with Crippen LogP contribution in [-0.4, -0.2) is 29.1 Å². The Kier molecular flexibility index (Phi) is 7.15. The van der Waals surface area contributed by atoms with Crippen LogP contribution < -0.4 is 4.80 Å². The lowest BCUT2D eigenvalue weighted by atomic mass is 10.3. The lowest BCUT2D eigenvalue weighted by Gasteiger charge is -2.18. The second-order valence-electron chi connectivity index (χ2n) is 5.40. The summed E-state index contributed by atoms with van der Waals surface area (Å²) in [6, 6.07) is 5.48. The van der Waals surface area contributed by atoms with Gasteiger partial charge in [0.1, 0.15) is 0 Å². The van der Waals surface area contributed by atoms with Gasteiger partial charge in [0.15, 0.2) is 4.80 Å². The summed E-state index contributed by atoms with van der Waals surface area (Å²) in [7, 11) is 0. The first kappa shape index (κ1) is 18.5. The summed E-state index contributed by atoms with van der Waals surface area (Å²) in [5, 5.41) is 3.24. The van der Waals surface area contributed by atoms with E-state index in [0.717, 1.165) is 43.1 Å². The number of hydrogen-bond acceptors (Lipinski definition) is 3. The smallest absolute Gasteiger partial charge is 0.190 e. The van der Waals surface area contributed by atoms with Gasteiger partial charge in [-0.2, -0.15) is 0 Å². The van der Waals surface area contributed by atoms with Crippen LogP contribution in [0.15, 0.2) is 28.6 Å². The molecule has 0 atom stereocenters.